The first-order valence-corrected chi connectivity index (χ1v) is 5.26. The zero-order chi connectivity index (χ0) is 11.4. The lowest BCUT2D eigenvalue weighted by atomic mass is 10.1. The molecule has 0 aliphatic carbocycles. The number of hydrogen-bond acceptors (Lipinski definition) is 4. The van der Waals surface area contributed by atoms with Crippen molar-refractivity contribution in [2.24, 2.45) is 5.73 Å². The Balaban J connectivity index is 2.86. The summed E-state index contributed by atoms with van der Waals surface area (Å²) in [4.78, 5) is 11.3. The standard InChI is InChI=1S/C10H12BrNO3/c1-2-15-10(14)9(12)6-3-4-8(13)7(11)5-6/h3-5,9,13H,2,12H2,1H3. The Morgan fingerprint density at radius 1 is 1.67 bits per heavy atom. The Bertz CT molecular complexity index is 368. The van der Waals surface area contributed by atoms with E-state index in [1.54, 1.807) is 19.1 Å². The molecule has 5 heteroatoms. The molecule has 0 saturated carbocycles. The van der Waals surface area contributed by atoms with Gasteiger partial charge in [0.2, 0.25) is 0 Å². The van der Waals surface area contributed by atoms with Crippen LogP contribution in [0.3, 0.4) is 0 Å². The average Bonchev–Trinajstić information content (AvgIpc) is 2.21. The van der Waals surface area contributed by atoms with Crippen molar-refractivity contribution in [3.63, 3.8) is 0 Å². The third-order valence-electron chi connectivity index (χ3n) is 1.87. The van der Waals surface area contributed by atoms with Crippen LogP contribution >= 0.6 is 15.9 Å². The number of aromatic hydroxyl groups is 1. The Kier molecular flexibility index (Phi) is 4.11. The van der Waals surface area contributed by atoms with E-state index in [-0.39, 0.29) is 5.75 Å². The lowest BCUT2D eigenvalue weighted by Crippen LogP contribution is -2.23. The second-order valence-electron chi connectivity index (χ2n) is 2.94. The van der Waals surface area contributed by atoms with Crippen molar-refractivity contribution >= 4 is 21.9 Å². The lowest BCUT2D eigenvalue weighted by Gasteiger charge is -2.11. The van der Waals surface area contributed by atoms with Gasteiger partial charge in [-0.2, -0.15) is 0 Å². The monoisotopic (exact) mass is 273 g/mol. The zero-order valence-electron chi connectivity index (χ0n) is 8.24. The van der Waals surface area contributed by atoms with E-state index in [9.17, 15) is 9.90 Å². The van der Waals surface area contributed by atoms with Crippen LogP contribution in [0.2, 0.25) is 0 Å². The summed E-state index contributed by atoms with van der Waals surface area (Å²) in [7, 11) is 0. The normalized spacial score (nSPS) is 12.2. The van der Waals surface area contributed by atoms with Gasteiger partial charge in [-0.25, -0.2) is 4.79 Å². The molecule has 0 spiro atoms. The number of rotatable bonds is 3. The fourth-order valence-corrected chi connectivity index (χ4v) is 1.48. The molecule has 15 heavy (non-hydrogen) atoms. The van der Waals surface area contributed by atoms with Crippen molar-refractivity contribution in [3.8, 4) is 5.75 Å². The molecular weight excluding hydrogens is 262 g/mol. The van der Waals surface area contributed by atoms with Gasteiger partial charge < -0.3 is 15.6 Å². The van der Waals surface area contributed by atoms with E-state index in [0.29, 0.717) is 16.6 Å². The van der Waals surface area contributed by atoms with Gasteiger partial charge in [-0.3, -0.25) is 0 Å². The lowest BCUT2D eigenvalue weighted by molar-refractivity contribution is -0.144. The van der Waals surface area contributed by atoms with Crippen molar-refractivity contribution in [3.05, 3.63) is 28.2 Å². The first-order valence-electron chi connectivity index (χ1n) is 4.47. The molecular formula is C10H12BrNO3. The number of ether oxygens (including phenoxy) is 1. The largest absolute Gasteiger partial charge is 0.507 e. The van der Waals surface area contributed by atoms with Gasteiger partial charge in [-0.05, 0) is 40.5 Å². The number of carbonyl (C=O) groups is 1. The Hall–Kier alpha value is -1.07. The van der Waals surface area contributed by atoms with E-state index in [2.05, 4.69) is 15.9 Å². The summed E-state index contributed by atoms with van der Waals surface area (Å²) in [5.41, 5.74) is 6.26. The molecule has 0 aliphatic heterocycles. The molecule has 3 N–H and O–H groups in total. The topological polar surface area (TPSA) is 72.5 Å². The summed E-state index contributed by atoms with van der Waals surface area (Å²) in [6, 6.07) is 3.83. The second-order valence-corrected chi connectivity index (χ2v) is 3.79. The smallest absolute Gasteiger partial charge is 0.327 e. The van der Waals surface area contributed by atoms with Crippen molar-refractivity contribution in [2.45, 2.75) is 13.0 Å². The summed E-state index contributed by atoms with van der Waals surface area (Å²) in [6.45, 7) is 2.02. The van der Waals surface area contributed by atoms with Gasteiger partial charge in [-0.15, -0.1) is 0 Å². The molecule has 0 saturated heterocycles. The molecule has 0 radical (unpaired) electrons. The van der Waals surface area contributed by atoms with Crippen molar-refractivity contribution in [1.82, 2.24) is 0 Å². The predicted molar refractivity (Wildman–Crippen MR) is 59.4 cm³/mol. The molecule has 0 bridgehead atoms. The van der Waals surface area contributed by atoms with Crippen molar-refractivity contribution in [2.75, 3.05) is 6.61 Å². The maximum atomic E-state index is 11.3. The first-order chi connectivity index (χ1) is 7.06. The molecule has 0 heterocycles. The van der Waals surface area contributed by atoms with Crippen molar-refractivity contribution < 1.29 is 14.6 Å². The summed E-state index contributed by atoms with van der Waals surface area (Å²) >= 11 is 3.14. The van der Waals surface area contributed by atoms with E-state index in [1.807, 2.05) is 0 Å². The predicted octanol–water partition coefficient (Wildman–Crippen LogP) is 1.72. The highest BCUT2D eigenvalue weighted by Gasteiger charge is 2.17. The van der Waals surface area contributed by atoms with Gasteiger partial charge in [-0.1, -0.05) is 6.07 Å². The van der Waals surface area contributed by atoms with Crippen LogP contribution < -0.4 is 5.73 Å². The number of carbonyl (C=O) groups excluding carboxylic acids is 1. The number of phenols is 1. The summed E-state index contributed by atoms with van der Waals surface area (Å²) in [5.74, 6) is -0.370. The number of phenolic OH excluding ortho intramolecular Hbond substituents is 1. The van der Waals surface area contributed by atoms with E-state index < -0.39 is 12.0 Å². The first kappa shape index (κ1) is 12.0. The van der Waals surface area contributed by atoms with E-state index in [1.165, 1.54) is 6.07 Å². The van der Waals surface area contributed by atoms with Gasteiger partial charge in [0, 0.05) is 0 Å². The molecule has 0 amide bonds. The number of benzene rings is 1. The summed E-state index contributed by atoms with van der Waals surface area (Å²) in [5, 5.41) is 9.26. The molecule has 82 valence electrons. The molecule has 0 fully saturated rings. The molecule has 1 unspecified atom stereocenters. The van der Waals surface area contributed by atoms with E-state index in [0.717, 1.165) is 0 Å². The maximum Gasteiger partial charge on any atom is 0.327 e. The third kappa shape index (κ3) is 2.94. The number of hydrogen-bond donors (Lipinski definition) is 2. The van der Waals surface area contributed by atoms with Crippen LogP contribution in [-0.2, 0) is 9.53 Å². The fourth-order valence-electron chi connectivity index (χ4n) is 1.08. The van der Waals surface area contributed by atoms with Crippen LogP contribution in [0.25, 0.3) is 0 Å². The summed E-state index contributed by atoms with van der Waals surface area (Å²) in [6.07, 6.45) is 0. The molecule has 1 atom stereocenters. The number of nitrogens with two attached hydrogens (primary N) is 1. The highest BCUT2D eigenvalue weighted by Crippen LogP contribution is 2.26. The molecule has 1 aromatic carbocycles. The molecule has 1 rings (SSSR count). The van der Waals surface area contributed by atoms with E-state index in [4.69, 9.17) is 10.5 Å². The average molecular weight is 274 g/mol. The van der Waals surface area contributed by atoms with Gasteiger partial charge in [0.25, 0.3) is 0 Å². The van der Waals surface area contributed by atoms with Gasteiger partial charge in [0.1, 0.15) is 11.8 Å². The number of esters is 1. The number of halogens is 1. The minimum atomic E-state index is -0.818. The molecule has 0 aromatic heterocycles. The van der Waals surface area contributed by atoms with Gasteiger partial charge in [0.05, 0.1) is 11.1 Å². The van der Waals surface area contributed by atoms with Gasteiger partial charge in [0.15, 0.2) is 0 Å². The molecule has 0 aliphatic rings. The molecule has 4 nitrogen and oxygen atoms in total. The fraction of sp³-hybridized carbons (Fsp3) is 0.300. The minimum Gasteiger partial charge on any atom is -0.507 e. The van der Waals surface area contributed by atoms with Crippen LogP contribution in [0.15, 0.2) is 22.7 Å². The second kappa shape index (κ2) is 5.14. The highest BCUT2D eigenvalue weighted by molar-refractivity contribution is 9.10. The molecule has 1 aromatic rings. The SMILES string of the molecule is CCOC(=O)C(N)c1ccc(O)c(Br)c1. The quantitative estimate of drug-likeness (QED) is 0.823. The maximum absolute atomic E-state index is 11.3. The zero-order valence-corrected chi connectivity index (χ0v) is 9.82. The summed E-state index contributed by atoms with van der Waals surface area (Å²) < 4.78 is 5.29. The Morgan fingerprint density at radius 2 is 2.33 bits per heavy atom. The van der Waals surface area contributed by atoms with Gasteiger partial charge >= 0.3 is 5.97 Å². The van der Waals surface area contributed by atoms with Crippen LogP contribution in [0.5, 0.6) is 5.75 Å². The van der Waals surface area contributed by atoms with Crippen LogP contribution in [0.4, 0.5) is 0 Å². The third-order valence-corrected chi connectivity index (χ3v) is 2.51. The highest BCUT2D eigenvalue weighted by atomic mass is 79.9. The van der Waals surface area contributed by atoms with Crippen LogP contribution in [-0.4, -0.2) is 17.7 Å². The van der Waals surface area contributed by atoms with Crippen LogP contribution in [0.1, 0.15) is 18.5 Å². The van der Waals surface area contributed by atoms with E-state index >= 15 is 0 Å². The van der Waals surface area contributed by atoms with Crippen LogP contribution in [0, 0.1) is 0 Å². The Labute approximate surface area is 96.2 Å². The Morgan fingerprint density at radius 3 is 2.87 bits per heavy atom. The van der Waals surface area contributed by atoms with Crippen molar-refractivity contribution in [1.29, 1.82) is 0 Å². The minimum absolute atomic E-state index is 0.106.